The molecule has 1 unspecified atom stereocenters. The van der Waals surface area contributed by atoms with Gasteiger partial charge in [-0.05, 0) is 30.9 Å². The Balaban J connectivity index is 1.36. The number of likely N-dealkylation sites (tertiary alicyclic amines) is 1. The van der Waals surface area contributed by atoms with E-state index >= 15 is 0 Å². The zero-order valence-electron chi connectivity index (χ0n) is 15.0. The second-order valence-electron chi connectivity index (χ2n) is 7.39. The van der Waals surface area contributed by atoms with Gasteiger partial charge in [-0.25, -0.2) is 4.79 Å². The van der Waals surface area contributed by atoms with Gasteiger partial charge in [-0.3, -0.25) is 9.59 Å². The minimum atomic E-state index is -0.870. The molecule has 1 atom stereocenters. The Bertz CT molecular complexity index is 695. The summed E-state index contributed by atoms with van der Waals surface area (Å²) in [4.78, 5) is 39.1. The second kappa shape index (κ2) is 7.35. The molecule has 7 nitrogen and oxygen atoms in total. The molecule has 2 heterocycles. The molecule has 7 heteroatoms. The number of amides is 3. The van der Waals surface area contributed by atoms with E-state index in [-0.39, 0.29) is 18.5 Å². The first-order chi connectivity index (χ1) is 12.4. The first kappa shape index (κ1) is 18.2. The maximum atomic E-state index is 12.3. The van der Waals surface area contributed by atoms with E-state index in [1.165, 1.54) is 16.0 Å². The molecule has 2 aliphatic heterocycles. The van der Waals surface area contributed by atoms with Crippen molar-refractivity contribution in [2.24, 2.45) is 5.41 Å². The molecule has 2 aliphatic rings. The third kappa shape index (κ3) is 3.81. The molecule has 3 amide bonds. The van der Waals surface area contributed by atoms with Crippen LogP contribution in [0.15, 0.2) is 24.3 Å². The summed E-state index contributed by atoms with van der Waals surface area (Å²) in [5.74, 6) is -0.778. The van der Waals surface area contributed by atoms with Gasteiger partial charge in [0.1, 0.15) is 0 Å². The lowest BCUT2D eigenvalue weighted by Crippen LogP contribution is -2.41. The number of benzene rings is 1. The topological polar surface area (TPSA) is 90.0 Å². The van der Waals surface area contributed by atoms with Crippen molar-refractivity contribution in [1.82, 2.24) is 15.1 Å². The van der Waals surface area contributed by atoms with Crippen molar-refractivity contribution < 1.29 is 19.5 Å². The van der Waals surface area contributed by atoms with Crippen molar-refractivity contribution >= 4 is 17.9 Å². The molecule has 3 rings (SSSR count). The van der Waals surface area contributed by atoms with Crippen LogP contribution >= 0.6 is 0 Å². The quantitative estimate of drug-likeness (QED) is 0.785. The average molecular weight is 359 g/mol. The second-order valence-corrected chi connectivity index (χ2v) is 7.39. The fourth-order valence-corrected chi connectivity index (χ4v) is 3.52. The molecule has 0 radical (unpaired) electrons. The highest BCUT2D eigenvalue weighted by Gasteiger charge is 2.42. The first-order valence-corrected chi connectivity index (χ1v) is 9.00. The molecule has 0 aliphatic carbocycles. The van der Waals surface area contributed by atoms with Gasteiger partial charge in [-0.15, -0.1) is 0 Å². The van der Waals surface area contributed by atoms with Crippen molar-refractivity contribution in [1.29, 1.82) is 0 Å². The number of carboxylic acids is 1. The van der Waals surface area contributed by atoms with Crippen LogP contribution in [0, 0.1) is 5.41 Å². The number of rotatable bonds is 5. The van der Waals surface area contributed by atoms with Crippen LogP contribution in [-0.2, 0) is 22.7 Å². The molecule has 0 aromatic heterocycles. The zero-order valence-corrected chi connectivity index (χ0v) is 15.0. The minimum Gasteiger partial charge on any atom is -0.481 e. The van der Waals surface area contributed by atoms with Crippen LogP contribution < -0.4 is 5.32 Å². The summed E-state index contributed by atoms with van der Waals surface area (Å²) in [6, 6.07) is 7.80. The predicted molar refractivity (Wildman–Crippen MR) is 95.3 cm³/mol. The van der Waals surface area contributed by atoms with E-state index in [9.17, 15) is 19.5 Å². The number of aliphatic carboxylic acids is 1. The van der Waals surface area contributed by atoms with Crippen LogP contribution in [0.2, 0.25) is 0 Å². The highest BCUT2D eigenvalue weighted by molar-refractivity contribution is 5.79. The monoisotopic (exact) mass is 359 g/mol. The molecule has 1 aromatic carbocycles. The van der Waals surface area contributed by atoms with Crippen molar-refractivity contribution in [3.05, 3.63) is 35.4 Å². The Labute approximate surface area is 153 Å². The molecule has 0 spiro atoms. The Morgan fingerprint density at radius 3 is 2.38 bits per heavy atom. The van der Waals surface area contributed by atoms with Gasteiger partial charge < -0.3 is 20.2 Å². The fraction of sp³-hybridized carbons (Fsp3) is 0.526. The number of urea groups is 1. The standard InChI is InChI=1S/C19H25N3O4/c1-19(17(24)25)8-10-21(13-19)18(26)20-9-4-7-16(23)22-11-14-5-2-3-6-15(14)12-22/h2-3,5-6H,4,7-13H2,1H3,(H,20,26)(H,24,25). The van der Waals surface area contributed by atoms with Crippen LogP contribution in [0.1, 0.15) is 37.3 Å². The molecule has 140 valence electrons. The number of fused-ring (bicyclic) bond motifs is 1. The van der Waals surface area contributed by atoms with Gasteiger partial charge in [-0.1, -0.05) is 24.3 Å². The van der Waals surface area contributed by atoms with Crippen molar-refractivity contribution in [2.75, 3.05) is 19.6 Å². The summed E-state index contributed by atoms with van der Waals surface area (Å²) < 4.78 is 0. The molecule has 0 saturated carbocycles. The fourth-order valence-electron chi connectivity index (χ4n) is 3.52. The molecule has 1 saturated heterocycles. The molecular formula is C19H25N3O4. The lowest BCUT2D eigenvalue weighted by atomic mass is 9.90. The lowest BCUT2D eigenvalue weighted by Gasteiger charge is -2.20. The third-order valence-corrected chi connectivity index (χ3v) is 5.31. The Kier molecular flexibility index (Phi) is 5.15. The van der Waals surface area contributed by atoms with Gasteiger partial charge in [-0.2, -0.15) is 0 Å². The van der Waals surface area contributed by atoms with E-state index in [0.29, 0.717) is 45.4 Å². The number of nitrogens with zero attached hydrogens (tertiary/aromatic N) is 2. The van der Waals surface area contributed by atoms with E-state index in [0.717, 1.165) is 0 Å². The van der Waals surface area contributed by atoms with Gasteiger partial charge in [0.2, 0.25) is 5.91 Å². The number of carbonyl (C=O) groups is 3. The summed E-state index contributed by atoms with van der Waals surface area (Å²) >= 11 is 0. The van der Waals surface area contributed by atoms with Crippen molar-refractivity contribution in [2.45, 2.75) is 39.3 Å². The number of hydrogen-bond acceptors (Lipinski definition) is 3. The summed E-state index contributed by atoms with van der Waals surface area (Å²) in [5, 5.41) is 12.0. The molecule has 1 aromatic rings. The summed E-state index contributed by atoms with van der Waals surface area (Å²) in [5.41, 5.74) is 1.53. The predicted octanol–water partition coefficient (Wildman–Crippen LogP) is 1.82. The van der Waals surface area contributed by atoms with Crippen LogP contribution in [0.3, 0.4) is 0 Å². The SMILES string of the molecule is CC1(C(=O)O)CCN(C(=O)NCCCC(=O)N2Cc3ccccc3C2)C1. The number of hydrogen-bond donors (Lipinski definition) is 2. The summed E-state index contributed by atoms with van der Waals surface area (Å²) in [6.45, 7) is 4.05. The maximum absolute atomic E-state index is 12.3. The molecule has 0 bridgehead atoms. The zero-order chi connectivity index (χ0) is 18.7. The van der Waals surface area contributed by atoms with E-state index < -0.39 is 11.4 Å². The minimum absolute atomic E-state index is 0.0927. The average Bonchev–Trinajstić information content (AvgIpc) is 3.23. The smallest absolute Gasteiger partial charge is 0.317 e. The van der Waals surface area contributed by atoms with Crippen molar-refractivity contribution in [3.63, 3.8) is 0 Å². The molecule has 1 fully saturated rings. The van der Waals surface area contributed by atoms with E-state index in [2.05, 4.69) is 5.32 Å². The van der Waals surface area contributed by atoms with Gasteiger partial charge in [0, 0.05) is 39.1 Å². The van der Waals surface area contributed by atoms with Crippen LogP contribution in [0.5, 0.6) is 0 Å². The van der Waals surface area contributed by atoms with Crippen LogP contribution in [-0.4, -0.2) is 52.4 Å². The third-order valence-electron chi connectivity index (χ3n) is 5.31. The van der Waals surface area contributed by atoms with E-state index in [1.807, 2.05) is 29.2 Å². The van der Waals surface area contributed by atoms with Crippen LogP contribution in [0.25, 0.3) is 0 Å². The molecular weight excluding hydrogens is 334 g/mol. The van der Waals surface area contributed by atoms with E-state index in [4.69, 9.17) is 0 Å². The lowest BCUT2D eigenvalue weighted by molar-refractivity contribution is -0.147. The maximum Gasteiger partial charge on any atom is 0.317 e. The summed E-state index contributed by atoms with van der Waals surface area (Å²) in [6.07, 6.45) is 1.42. The first-order valence-electron chi connectivity index (χ1n) is 9.00. The van der Waals surface area contributed by atoms with E-state index in [1.54, 1.807) is 6.92 Å². The van der Waals surface area contributed by atoms with Crippen LogP contribution in [0.4, 0.5) is 4.79 Å². The largest absolute Gasteiger partial charge is 0.481 e. The Morgan fingerprint density at radius 2 is 1.81 bits per heavy atom. The summed E-state index contributed by atoms with van der Waals surface area (Å²) in [7, 11) is 0. The highest BCUT2D eigenvalue weighted by Crippen LogP contribution is 2.30. The molecule has 26 heavy (non-hydrogen) atoms. The molecule has 2 N–H and O–H groups in total. The van der Waals surface area contributed by atoms with Gasteiger partial charge in [0.15, 0.2) is 0 Å². The Hall–Kier alpha value is -2.57. The number of carboxylic acid groups (broad SMARTS) is 1. The highest BCUT2D eigenvalue weighted by atomic mass is 16.4. The van der Waals surface area contributed by atoms with Gasteiger partial charge in [0.05, 0.1) is 5.41 Å². The normalized spacial score (nSPS) is 21.6. The van der Waals surface area contributed by atoms with Gasteiger partial charge in [0.25, 0.3) is 0 Å². The van der Waals surface area contributed by atoms with Crippen molar-refractivity contribution in [3.8, 4) is 0 Å². The number of carbonyl (C=O) groups excluding carboxylic acids is 2. The number of nitrogens with one attached hydrogen (secondary N) is 1. The Morgan fingerprint density at radius 1 is 1.15 bits per heavy atom. The van der Waals surface area contributed by atoms with Gasteiger partial charge >= 0.3 is 12.0 Å².